The largest absolute Gasteiger partial charge is 0.390 e. The fourth-order valence-corrected chi connectivity index (χ4v) is 3.11. The Morgan fingerprint density at radius 2 is 2.11 bits per heavy atom. The Balaban J connectivity index is 1.79. The summed E-state index contributed by atoms with van der Waals surface area (Å²) in [5.74, 6) is 0.00227. The van der Waals surface area contributed by atoms with E-state index in [0.717, 1.165) is 18.4 Å². The molecule has 1 aliphatic heterocycles. The van der Waals surface area contributed by atoms with Crippen molar-refractivity contribution in [1.29, 1.82) is 0 Å². The van der Waals surface area contributed by atoms with Crippen molar-refractivity contribution in [3.05, 3.63) is 34.9 Å². The molecular weight excluding hydrogens is 240 g/mol. The van der Waals surface area contributed by atoms with Gasteiger partial charge in [0.15, 0.2) is 0 Å². The van der Waals surface area contributed by atoms with E-state index in [2.05, 4.69) is 11.4 Å². The van der Waals surface area contributed by atoms with Gasteiger partial charge in [0.1, 0.15) is 0 Å². The number of carbonyl (C=O) groups is 1. The molecule has 0 unspecified atom stereocenters. The van der Waals surface area contributed by atoms with Crippen LogP contribution >= 0.6 is 0 Å². The summed E-state index contributed by atoms with van der Waals surface area (Å²) in [5.41, 5.74) is 3.42. The van der Waals surface area contributed by atoms with Crippen molar-refractivity contribution in [1.82, 2.24) is 10.2 Å². The zero-order valence-corrected chi connectivity index (χ0v) is 11.2. The lowest BCUT2D eigenvalue weighted by atomic mass is 10.0. The molecule has 1 heterocycles. The average molecular weight is 260 g/mol. The number of hydrogen-bond donors (Lipinski definition) is 2. The third kappa shape index (κ3) is 2.26. The number of aliphatic hydroxyl groups is 1. The van der Waals surface area contributed by atoms with Crippen LogP contribution in [-0.4, -0.2) is 48.2 Å². The number of fused-ring (bicyclic) bond motifs is 1. The minimum Gasteiger partial charge on any atom is -0.390 e. The van der Waals surface area contributed by atoms with Crippen LogP contribution in [0.25, 0.3) is 0 Å². The molecule has 2 N–H and O–H groups in total. The summed E-state index contributed by atoms with van der Waals surface area (Å²) in [5, 5.41) is 13.0. The first-order valence-electron chi connectivity index (χ1n) is 6.94. The van der Waals surface area contributed by atoms with E-state index in [0.29, 0.717) is 13.1 Å². The van der Waals surface area contributed by atoms with Crippen LogP contribution in [-0.2, 0) is 12.8 Å². The molecule has 1 amide bonds. The van der Waals surface area contributed by atoms with E-state index >= 15 is 0 Å². The standard InChI is InChI=1S/C15H20N2O2/c1-17(13-8-16-9-14(13)18)15(19)12-6-5-10-3-2-4-11(10)7-12/h5-7,13-14,16,18H,2-4,8-9H2,1H3/t13-,14-/m1/s1. The lowest BCUT2D eigenvalue weighted by Crippen LogP contribution is -2.44. The van der Waals surface area contributed by atoms with Crippen LogP contribution in [0.15, 0.2) is 18.2 Å². The molecule has 1 aromatic rings. The second-order valence-corrected chi connectivity index (χ2v) is 5.55. The van der Waals surface area contributed by atoms with Gasteiger partial charge in [0.05, 0.1) is 12.1 Å². The molecule has 1 saturated heterocycles. The number of hydrogen-bond acceptors (Lipinski definition) is 3. The minimum atomic E-state index is -0.469. The summed E-state index contributed by atoms with van der Waals surface area (Å²) in [6.45, 7) is 1.22. The Hall–Kier alpha value is -1.39. The van der Waals surface area contributed by atoms with Gasteiger partial charge in [0, 0.05) is 25.7 Å². The molecule has 0 saturated carbocycles. The van der Waals surface area contributed by atoms with Crippen LogP contribution in [0.1, 0.15) is 27.9 Å². The first-order valence-corrected chi connectivity index (χ1v) is 6.94. The van der Waals surface area contributed by atoms with E-state index in [1.54, 1.807) is 11.9 Å². The molecule has 1 aliphatic carbocycles. The lowest BCUT2D eigenvalue weighted by Gasteiger charge is -2.26. The molecule has 0 radical (unpaired) electrons. The van der Waals surface area contributed by atoms with Crippen molar-refractivity contribution < 1.29 is 9.90 Å². The highest BCUT2D eigenvalue weighted by molar-refractivity contribution is 5.94. The SMILES string of the molecule is CN(C(=O)c1ccc2c(c1)CCC2)[C@@H]1CNC[C@H]1O. The molecule has 19 heavy (non-hydrogen) atoms. The number of β-amino-alcohol motifs (C(OH)–C–C–N with tert-alkyl or cyclic N) is 1. The van der Waals surface area contributed by atoms with Gasteiger partial charge in [-0.15, -0.1) is 0 Å². The summed E-state index contributed by atoms with van der Waals surface area (Å²) >= 11 is 0. The number of nitrogens with zero attached hydrogens (tertiary/aromatic N) is 1. The second kappa shape index (κ2) is 4.94. The Morgan fingerprint density at radius 1 is 1.32 bits per heavy atom. The number of aryl methyl sites for hydroxylation is 2. The van der Waals surface area contributed by atoms with E-state index in [9.17, 15) is 9.90 Å². The minimum absolute atomic E-state index is 0.00227. The highest BCUT2D eigenvalue weighted by atomic mass is 16.3. The smallest absolute Gasteiger partial charge is 0.253 e. The molecule has 102 valence electrons. The molecule has 0 aromatic heterocycles. The molecule has 1 fully saturated rings. The average Bonchev–Trinajstić information content (AvgIpc) is 3.04. The van der Waals surface area contributed by atoms with Crippen LogP contribution in [0.5, 0.6) is 0 Å². The van der Waals surface area contributed by atoms with Crippen LogP contribution in [0.4, 0.5) is 0 Å². The molecule has 0 bridgehead atoms. The van der Waals surface area contributed by atoms with E-state index in [-0.39, 0.29) is 11.9 Å². The van der Waals surface area contributed by atoms with E-state index < -0.39 is 6.10 Å². The summed E-state index contributed by atoms with van der Waals surface area (Å²) in [4.78, 5) is 14.1. The molecular formula is C15H20N2O2. The third-order valence-electron chi connectivity index (χ3n) is 4.31. The van der Waals surface area contributed by atoms with Crippen molar-refractivity contribution in [3.63, 3.8) is 0 Å². The highest BCUT2D eigenvalue weighted by Crippen LogP contribution is 2.23. The lowest BCUT2D eigenvalue weighted by molar-refractivity contribution is 0.0581. The topological polar surface area (TPSA) is 52.6 Å². The number of amides is 1. The van der Waals surface area contributed by atoms with Crippen molar-refractivity contribution in [2.75, 3.05) is 20.1 Å². The molecule has 2 atom stereocenters. The maximum absolute atomic E-state index is 12.5. The number of aliphatic hydroxyl groups excluding tert-OH is 1. The maximum Gasteiger partial charge on any atom is 0.253 e. The van der Waals surface area contributed by atoms with Gasteiger partial charge < -0.3 is 15.3 Å². The molecule has 1 aromatic carbocycles. The summed E-state index contributed by atoms with van der Waals surface area (Å²) in [7, 11) is 1.77. The number of nitrogens with one attached hydrogen (secondary N) is 1. The fourth-order valence-electron chi connectivity index (χ4n) is 3.11. The first kappa shape index (κ1) is 12.6. The molecule has 2 aliphatic rings. The van der Waals surface area contributed by atoms with E-state index in [1.165, 1.54) is 17.5 Å². The Kier molecular flexibility index (Phi) is 3.29. The summed E-state index contributed by atoms with van der Waals surface area (Å²) in [6.07, 6.45) is 2.93. The Bertz CT molecular complexity index is 501. The monoisotopic (exact) mass is 260 g/mol. The number of carbonyl (C=O) groups excluding carboxylic acids is 1. The molecule has 0 spiro atoms. The molecule has 4 nitrogen and oxygen atoms in total. The van der Waals surface area contributed by atoms with Gasteiger partial charge in [0.2, 0.25) is 0 Å². The van der Waals surface area contributed by atoms with Crippen molar-refractivity contribution in [2.24, 2.45) is 0 Å². The molecule has 3 rings (SSSR count). The summed E-state index contributed by atoms with van der Waals surface area (Å²) < 4.78 is 0. The highest BCUT2D eigenvalue weighted by Gasteiger charge is 2.31. The van der Waals surface area contributed by atoms with Crippen LogP contribution in [0, 0.1) is 0 Å². The van der Waals surface area contributed by atoms with Gasteiger partial charge in [-0.2, -0.15) is 0 Å². The van der Waals surface area contributed by atoms with Gasteiger partial charge in [-0.05, 0) is 42.5 Å². The first-order chi connectivity index (χ1) is 9.16. The van der Waals surface area contributed by atoms with Gasteiger partial charge in [0.25, 0.3) is 5.91 Å². The van der Waals surface area contributed by atoms with E-state index in [4.69, 9.17) is 0 Å². The van der Waals surface area contributed by atoms with E-state index in [1.807, 2.05) is 12.1 Å². The van der Waals surface area contributed by atoms with Crippen molar-refractivity contribution in [2.45, 2.75) is 31.4 Å². The maximum atomic E-state index is 12.5. The van der Waals surface area contributed by atoms with Crippen molar-refractivity contribution in [3.8, 4) is 0 Å². The third-order valence-corrected chi connectivity index (χ3v) is 4.31. The number of likely N-dealkylation sites (N-methyl/N-ethyl adjacent to an activating group) is 1. The van der Waals surface area contributed by atoms with Crippen LogP contribution < -0.4 is 5.32 Å². The van der Waals surface area contributed by atoms with Gasteiger partial charge in [-0.25, -0.2) is 0 Å². The zero-order valence-electron chi connectivity index (χ0n) is 11.2. The van der Waals surface area contributed by atoms with Gasteiger partial charge >= 0.3 is 0 Å². The van der Waals surface area contributed by atoms with Gasteiger partial charge in [-0.1, -0.05) is 6.07 Å². The quantitative estimate of drug-likeness (QED) is 0.818. The normalized spacial score (nSPS) is 25.4. The predicted octanol–water partition coefficient (Wildman–Crippen LogP) is 0.580. The fraction of sp³-hybridized carbons (Fsp3) is 0.533. The number of benzene rings is 1. The van der Waals surface area contributed by atoms with Crippen LogP contribution in [0.3, 0.4) is 0 Å². The second-order valence-electron chi connectivity index (χ2n) is 5.55. The Morgan fingerprint density at radius 3 is 2.84 bits per heavy atom. The zero-order chi connectivity index (χ0) is 13.4. The van der Waals surface area contributed by atoms with Crippen molar-refractivity contribution >= 4 is 5.91 Å². The van der Waals surface area contributed by atoms with Crippen LogP contribution in [0.2, 0.25) is 0 Å². The predicted molar refractivity (Wildman–Crippen MR) is 73.2 cm³/mol. The number of rotatable bonds is 2. The summed E-state index contributed by atoms with van der Waals surface area (Å²) in [6, 6.07) is 5.89. The Labute approximate surface area is 113 Å². The molecule has 4 heteroatoms. The van der Waals surface area contributed by atoms with Gasteiger partial charge in [-0.3, -0.25) is 4.79 Å².